The monoisotopic (exact) mass is 256 g/mol. The molecule has 0 saturated carbocycles. The lowest BCUT2D eigenvalue weighted by Gasteiger charge is -1.97. The third kappa shape index (κ3) is 1.97. The van der Waals surface area contributed by atoms with Gasteiger partial charge in [0.15, 0.2) is 0 Å². The molecule has 0 aliphatic carbocycles. The second-order valence-electron chi connectivity index (χ2n) is 2.49. The van der Waals surface area contributed by atoms with E-state index in [1.807, 2.05) is 6.07 Å². The number of amides is 1. The van der Waals surface area contributed by atoms with Gasteiger partial charge in [-0.25, -0.2) is 4.99 Å². The summed E-state index contributed by atoms with van der Waals surface area (Å²) in [5.74, 6) is 0.377. The molecule has 1 aromatic rings. The van der Waals surface area contributed by atoms with Crippen LogP contribution in [-0.4, -0.2) is 21.7 Å². The molecule has 0 unspecified atom stereocenters. The van der Waals surface area contributed by atoms with Crippen LogP contribution in [0.2, 0.25) is 0 Å². The minimum Gasteiger partial charge on any atom is -0.272 e. The Morgan fingerprint density at radius 2 is 2.31 bits per heavy atom. The molecule has 2 heterocycles. The number of thioether (sulfide) groups is 1. The molecule has 1 amide bonds. The molecule has 0 atom stereocenters. The van der Waals surface area contributed by atoms with E-state index in [1.165, 1.54) is 11.8 Å². The number of aromatic nitrogens is 1. The molecule has 66 valence electrons. The summed E-state index contributed by atoms with van der Waals surface area (Å²) in [7, 11) is 0. The molecule has 0 bridgehead atoms. The van der Waals surface area contributed by atoms with Crippen LogP contribution in [0.4, 0.5) is 0 Å². The normalized spacial score (nSPS) is 16.1. The van der Waals surface area contributed by atoms with Crippen LogP contribution in [0.1, 0.15) is 5.56 Å². The molecular formula is C8H5BrN2OS. The maximum Gasteiger partial charge on any atom is 0.257 e. The summed E-state index contributed by atoms with van der Waals surface area (Å²) in [4.78, 5) is 18.8. The Bertz CT molecular complexity index is 391. The zero-order chi connectivity index (χ0) is 9.26. The van der Waals surface area contributed by atoms with Gasteiger partial charge in [0.2, 0.25) is 0 Å². The summed E-state index contributed by atoms with van der Waals surface area (Å²) in [6.45, 7) is 0. The molecule has 1 aliphatic heterocycles. The van der Waals surface area contributed by atoms with Gasteiger partial charge in [-0.05, 0) is 22.0 Å². The van der Waals surface area contributed by atoms with Crippen LogP contribution in [-0.2, 0) is 4.79 Å². The van der Waals surface area contributed by atoms with Crippen molar-refractivity contribution >= 4 is 38.6 Å². The number of nitrogens with zero attached hydrogens (tertiary/aromatic N) is 2. The van der Waals surface area contributed by atoms with E-state index >= 15 is 0 Å². The van der Waals surface area contributed by atoms with Gasteiger partial charge >= 0.3 is 0 Å². The van der Waals surface area contributed by atoms with Crippen molar-refractivity contribution in [2.45, 2.75) is 0 Å². The number of halogens is 1. The van der Waals surface area contributed by atoms with Gasteiger partial charge in [0, 0.05) is 22.4 Å². The van der Waals surface area contributed by atoms with Crippen LogP contribution in [0.3, 0.4) is 0 Å². The van der Waals surface area contributed by atoms with Crippen molar-refractivity contribution in [1.82, 2.24) is 4.98 Å². The summed E-state index contributed by atoms with van der Waals surface area (Å²) >= 11 is 4.76. The quantitative estimate of drug-likeness (QED) is 0.771. The fourth-order valence-electron chi connectivity index (χ4n) is 0.985. The fraction of sp³-hybridized carbons (Fsp3) is 0.125. The number of rotatable bonds is 1. The first-order valence-corrected chi connectivity index (χ1v) is 5.39. The van der Waals surface area contributed by atoms with Gasteiger partial charge < -0.3 is 0 Å². The standard InChI is InChI=1S/C8H5BrN2OS/c9-6-1-5(2-10-3-6)8-11-7(12)4-13-8/h1-3H,4H2. The molecule has 1 aromatic heterocycles. The first-order chi connectivity index (χ1) is 6.25. The van der Waals surface area contributed by atoms with Crippen LogP contribution in [0.15, 0.2) is 27.9 Å². The SMILES string of the molecule is O=C1CSC(c2cncc(Br)c2)=N1. The molecule has 0 saturated heterocycles. The highest BCUT2D eigenvalue weighted by molar-refractivity contribution is 9.10. The van der Waals surface area contributed by atoms with E-state index in [-0.39, 0.29) is 5.91 Å². The average Bonchev–Trinajstić information content (AvgIpc) is 2.52. The van der Waals surface area contributed by atoms with Crippen LogP contribution in [0, 0.1) is 0 Å². The van der Waals surface area contributed by atoms with Gasteiger partial charge in [0.1, 0.15) is 5.04 Å². The Balaban J connectivity index is 2.36. The van der Waals surface area contributed by atoms with E-state index in [1.54, 1.807) is 12.4 Å². The minimum absolute atomic E-state index is 0.0695. The van der Waals surface area contributed by atoms with Gasteiger partial charge in [-0.1, -0.05) is 11.8 Å². The Hall–Kier alpha value is -0.680. The lowest BCUT2D eigenvalue weighted by atomic mass is 10.3. The summed E-state index contributed by atoms with van der Waals surface area (Å²) in [5.41, 5.74) is 0.894. The summed E-state index contributed by atoms with van der Waals surface area (Å²) < 4.78 is 0.896. The fourth-order valence-corrected chi connectivity index (χ4v) is 2.12. The Morgan fingerprint density at radius 1 is 1.46 bits per heavy atom. The largest absolute Gasteiger partial charge is 0.272 e. The number of aliphatic imine (C=N–C) groups is 1. The van der Waals surface area contributed by atoms with Crippen molar-refractivity contribution in [2.75, 3.05) is 5.75 Å². The summed E-state index contributed by atoms with van der Waals surface area (Å²) in [5, 5.41) is 0.763. The Kier molecular flexibility index (Phi) is 2.46. The van der Waals surface area contributed by atoms with E-state index in [0.29, 0.717) is 5.75 Å². The smallest absolute Gasteiger partial charge is 0.257 e. The van der Waals surface area contributed by atoms with Crippen LogP contribution < -0.4 is 0 Å². The maximum atomic E-state index is 10.9. The average molecular weight is 257 g/mol. The van der Waals surface area contributed by atoms with E-state index in [2.05, 4.69) is 25.9 Å². The van der Waals surface area contributed by atoms with Crippen molar-refractivity contribution in [3.05, 3.63) is 28.5 Å². The van der Waals surface area contributed by atoms with Crippen molar-refractivity contribution in [2.24, 2.45) is 4.99 Å². The predicted molar refractivity (Wildman–Crippen MR) is 55.9 cm³/mol. The van der Waals surface area contributed by atoms with Gasteiger partial charge in [0.05, 0.1) is 5.75 Å². The van der Waals surface area contributed by atoms with Gasteiger partial charge in [-0.2, -0.15) is 0 Å². The van der Waals surface area contributed by atoms with E-state index in [9.17, 15) is 4.79 Å². The van der Waals surface area contributed by atoms with E-state index in [4.69, 9.17) is 0 Å². The Morgan fingerprint density at radius 3 is 2.92 bits per heavy atom. The predicted octanol–water partition coefficient (Wildman–Crippen LogP) is 1.86. The first kappa shape index (κ1) is 8.90. The molecule has 0 radical (unpaired) electrons. The second kappa shape index (κ2) is 3.59. The van der Waals surface area contributed by atoms with Crippen molar-refractivity contribution in [3.8, 4) is 0 Å². The summed E-state index contributed by atoms with van der Waals surface area (Å²) in [6.07, 6.45) is 3.40. The van der Waals surface area contributed by atoms with Crippen molar-refractivity contribution < 1.29 is 4.79 Å². The number of carbonyl (C=O) groups is 1. The highest BCUT2D eigenvalue weighted by atomic mass is 79.9. The molecule has 0 N–H and O–H groups in total. The zero-order valence-electron chi connectivity index (χ0n) is 6.53. The molecular weight excluding hydrogens is 252 g/mol. The molecule has 3 nitrogen and oxygen atoms in total. The third-order valence-corrected chi connectivity index (χ3v) is 2.94. The van der Waals surface area contributed by atoms with E-state index < -0.39 is 0 Å². The molecule has 0 aromatic carbocycles. The van der Waals surface area contributed by atoms with Crippen molar-refractivity contribution in [1.29, 1.82) is 0 Å². The minimum atomic E-state index is -0.0695. The topological polar surface area (TPSA) is 42.3 Å². The van der Waals surface area contributed by atoms with Crippen LogP contribution >= 0.6 is 27.7 Å². The lowest BCUT2D eigenvalue weighted by molar-refractivity contribution is -0.115. The first-order valence-electron chi connectivity index (χ1n) is 3.61. The summed E-state index contributed by atoms with van der Waals surface area (Å²) in [6, 6.07) is 1.90. The van der Waals surface area contributed by atoms with Crippen LogP contribution in [0.5, 0.6) is 0 Å². The van der Waals surface area contributed by atoms with Gasteiger partial charge in [0.25, 0.3) is 5.91 Å². The second-order valence-corrected chi connectivity index (χ2v) is 4.37. The third-order valence-electron chi connectivity index (χ3n) is 1.51. The van der Waals surface area contributed by atoms with Gasteiger partial charge in [-0.15, -0.1) is 0 Å². The lowest BCUT2D eigenvalue weighted by Crippen LogP contribution is -1.92. The van der Waals surface area contributed by atoms with Crippen molar-refractivity contribution in [3.63, 3.8) is 0 Å². The van der Waals surface area contributed by atoms with Gasteiger partial charge in [-0.3, -0.25) is 9.78 Å². The zero-order valence-corrected chi connectivity index (χ0v) is 8.93. The number of hydrogen-bond donors (Lipinski definition) is 0. The number of pyridine rings is 1. The highest BCUT2D eigenvalue weighted by Crippen LogP contribution is 2.21. The molecule has 5 heteroatoms. The van der Waals surface area contributed by atoms with Crippen LogP contribution in [0.25, 0.3) is 0 Å². The highest BCUT2D eigenvalue weighted by Gasteiger charge is 2.16. The molecule has 2 rings (SSSR count). The Labute approximate surface area is 87.8 Å². The molecule has 0 fully saturated rings. The molecule has 13 heavy (non-hydrogen) atoms. The molecule has 1 aliphatic rings. The number of hydrogen-bond acceptors (Lipinski definition) is 3. The van der Waals surface area contributed by atoms with E-state index in [0.717, 1.165) is 15.1 Å². The maximum absolute atomic E-state index is 10.9. The molecule has 0 spiro atoms. The number of carbonyl (C=O) groups excluding carboxylic acids is 1.